The molecular weight excluding hydrogens is 460 g/mol. The minimum Gasteiger partial charge on any atom is -0.493 e. The van der Waals surface area contributed by atoms with Crippen LogP contribution in [-0.4, -0.2) is 36.4 Å². The zero-order valence-electron chi connectivity index (χ0n) is 20.0. The second-order valence-electron chi connectivity index (χ2n) is 7.69. The standard InChI is InChI=1S/C27H26N4O3S/c1-17-8-7-9-19(14-17)28-27(35)31-26-20-10-5-6-11-21(20)29-24(30-26)13-12-18-15-22(32-2)25(34-4)23(16-18)33-3/h5-16H,1-4H3,(H2,28,29,30,31,35)/b13-12+. The molecule has 0 aliphatic rings. The van der Waals surface area contributed by atoms with Crippen LogP contribution in [0.3, 0.4) is 0 Å². The molecule has 0 spiro atoms. The average Bonchev–Trinajstić information content (AvgIpc) is 2.86. The van der Waals surface area contributed by atoms with E-state index in [4.69, 9.17) is 31.4 Å². The summed E-state index contributed by atoms with van der Waals surface area (Å²) in [6.07, 6.45) is 3.72. The highest BCUT2D eigenvalue weighted by Gasteiger charge is 2.13. The number of thiocarbonyl (C=S) groups is 1. The number of nitrogens with one attached hydrogen (secondary N) is 2. The van der Waals surface area contributed by atoms with Gasteiger partial charge >= 0.3 is 0 Å². The number of benzene rings is 3. The molecule has 0 bridgehead atoms. The fourth-order valence-electron chi connectivity index (χ4n) is 3.63. The van der Waals surface area contributed by atoms with Gasteiger partial charge in [-0.25, -0.2) is 9.97 Å². The van der Waals surface area contributed by atoms with Crippen LogP contribution in [-0.2, 0) is 0 Å². The van der Waals surface area contributed by atoms with Gasteiger partial charge < -0.3 is 24.8 Å². The van der Waals surface area contributed by atoms with Crippen molar-refractivity contribution in [2.75, 3.05) is 32.0 Å². The molecule has 0 aliphatic heterocycles. The van der Waals surface area contributed by atoms with Crippen LogP contribution < -0.4 is 24.8 Å². The predicted molar refractivity (Wildman–Crippen MR) is 146 cm³/mol. The summed E-state index contributed by atoms with van der Waals surface area (Å²) in [7, 11) is 4.75. The van der Waals surface area contributed by atoms with Crippen LogP contribution in [0.1, 0.15) is 17.0 Å². The van der Waals surface area contributed by atoms with Crippen LogP contribution in [0.2, 0.25) is 0 Å². The molecule has 3 aromatic carbocycles. The molecule has 1 aromatic heterocycles. The van der Waals surface area contributed by atoms with E-state index in [-0.39, 0.29) is 0 Å². The summed E-state index contributed by atoms with van der Waals surface area (Å²) in [5, 5.41) is 7.74. The number of aryl methyl sites for hydroxylation is 1. The zero-order chi connectivity index (χ0) is 24.8. The Morgan fingerprint density at radius 1 is 0.829 bits per heavy atom. The average molecular weight is 487 g/mol. The number of ether oxygens (including phenoxy) is 3. The Kier molecular flexibility index (Phi) is 7.42. The maximum Gasteiger partial charge on any atom is 0.203 e. The second kappa shape index (κ2) is 10.8. The molecule has 0 radical (unpaired) electrons. The molecule has 178 valence electrons. The molecule has 7 nitrogen and oxygen atoms in total. The zero-order valence-corrected chi connectivity index (χ0v) is 20.8. The number of anilines is 2. The summed E-state index contributed by atoms with van der Waals surface area (Å²) in [5.74, 6) is 2.82. The molecule has 0 saturated carbocycles. The first kappa shape index (κ1) is 24.0. The van der Waals surface area contributed by atoms with E-state index in [1.54, 1.807) is 21.3 Å². The van der Waals surface area contributed by atoms with Gasteiger partial charge in [0.25, 0.3) is 0 Å². The molecule has 4 rings (SSSR count). The van der Waals surface area contributed by atoms with Gasteiger partial charge in [0.1, 0.15) is 5.82 Å². The number of aromatic nitrogens is 2. The third-order valence-electron chi connectivity index (χ3n) is 5.24. The highest BCUT2D eigenvalue weighted by Crippen LogP contribution is 2.38. The fraction of sp³-hybridized carbons (Fsp3) is 0.148. The van der Waals surface area contributed by atoms with E-state index in [1.807, 2.05) is 79.7 Å². The Hall–Kier alpha value is -4.17. The van der Waals surface area contributed by atoms with E-state index in [0.29, 0.717) is 34.0 Å². The minimum atomic E-state index is 0.444. The number of rotatable bonds is 7. The molecule has 1 heterocycles. The normalized spacial score (nSPS) is 10.9. The van der Waals surface area contributed by atoms with Crippen molar-refractivity contribution < 1.29 is 14.2 Å². The molecule has 0 fully saturated rings. The van der Waals surface area contributed by atoms with Crippen molar-refractivity contribution in [3.05, 3.63) is 77.6 Å². The van der Waals surface area contributed by atoms with E-state index in [1.165, 1.54) is 0 Å². The van der Waals surface area contributed by atoms with Crippen LogP contribution in [0, 0.1) is 6.92 Å². The number of hydrogen-bond donors (Lipinski definition) is 2. The van der Waals surface area contributed by atoms with Crippen molar-refractivity contribution in [1.29, 1.82) is 0 Å². The number of hydrogen-bond acceptors (Lipinski definition) is 6. The molecule has 4 aromatic rings. The quantitative estimate of drug-likeness (QED) is 0.311. The molecule has 35 heavy (non-hydrogen) atoms. The van der Waals surface area contributed by atoms with E-state index in [2.05, 4.69) is 15.6 Å². The van der Waals surface area contributed by atoms with Crippen molar-refractivity contribution in [3.8, 4) is 17.2 Å². The summed E-state index contributed by atoms with van der Waals surface area (Å²) in [6, 6.07) is 19.5. The van der Waals surface area contributed by atoms with Gasteiger partial charge in [-0.1, -0.05) is 30.3 Å². The Labute approximate surface area is 209 Å². The van der Waals surface area contributed by atoms with Gasteiger partial charge in [-0.05, 0) is 72.7 Å². The van der Waals surface area contributed by atoms with Crippen molar-refractivity contribution >= 4 is 51.9 Å². The maximum atomic E-state index is 5.55. The van der Waals surface area contributed by atoms with Gasteiger partial charge in [0, 0.05) is 11.1 Å². The summed E-state index contributed by atoms with van der Waals surface area (Å²) in [5.41, 5.74) is 3.70. The van der Waals surface area contributed by atoms with Gasteiger partial charge in [-0.15, -0.1) is 0 Å². The molecule has 2 N–H and O–H groups in total. The van der Waals surface area contributed by atoms with E-state index >= 15 is 0 Å². The summed E-state index contributed by atoms with van der Waals surface area (Å²) < 4.78 is 16.3. The van der Waals surface area contributed by atoms with Crippen molar-refractivity contribution in [3.63, 3.8) is 0 Å². The Bertz CT molecular complexity index is 1380. The third-order valence-corrected chi connectivity index (χ3v) is 5.44. The molecule has 0 atom stereocenters. The first-order valence-electron chi connectivity index (χ1n) is 10.9. The van der Waals surface area contributed by atoms with Crippen LogP contribution >= 0.6 is 12.2 Å². The van der Waals surface area contributed by atoms with Crippen LogP contribution in [0.25, 0.3) is 23.1 Å². The topological polar surface area (TPSA) is 77.5 Å². The highest BCUT2D eigenvalue weighted by molar-refractivity contribution is 7.80. The molecule has 0 unspecified atom stereocenters. The lowest BCUT2D eigenvalue weighted by Gasteiger charge is -2.13. The second-order valence-corrected chi connectivity index (χ2v) is 8.10. The van der Waals surface area contributed by atoms with Gasteiger partial charge in [0.15, 0.2) is 22.4 Å². The first-order chi connectivity index (χ1) is 17.0. The predicted octanol–water partition coefficient (Wildman–Crippen LogP) is 5.94. The minimum absolute atomic E-state index is 0.444. The largest absolute Gasteiger partial charge is 0.493 e. The monoisotopic (exact) mass is 486 g/mol. The molecule has 0 aliphatic carbocycles. The smallest absolute Gasteiger partial charge is 0.203 e. The number of fused-ring (bicyclic) bond motifs is 1. The Morgan fingerprint density at radius 2 is 1.57 bits per heavy atom. The van der Waals surface area contributed by atoms with Gasteiger partial charge in [0.2, 0.25) is 5.75 Å². The SMILES string of the molecule is COc1cc(/C=C/c2nc(NC(=S)Nc3cccc(C)c3)c3ccccc3n2)cc(OC)c1OC. The number of para-hydroxylation sites is 1. The lowest BCUT2D eigenvalue weighted by Crippen LogP contribution is -2.20. The van der Waals surface area contributed by atoms with Crippen LogP contribution in [0.15, 0.2) is 60.7 Å². The summed E-state index contributed by atoms with van der Waals surface area (Å²) >= 11 is 5.55. The van der Waals surface area contributed by atoms with Gasteiger partial charge in [0.05, 0.1) is 26.8 Å². The lowest BCUT2D eigenvalue weighted by molar-refractivity contribution is 0.324. The van der Waals surface area contributed by atoms with Crippen molar-refractivity contribution in [1.82, 2.24) is 9.97 Å². The molecular formula is C27H26N4O3S. The van der Waals surface area contributed by atoms with E-state index in [9.17, 15) is 0 Å². The van der Waals surface area contributed by atoms with Crippen molar-refractivity contribution in [2.45, 2.75) is 6.92 Å². The third kappa shape index (κ3) is 5.67. The fourth-order valence-corrected chi connectivity index (χ4v) is 3.84. The highest BCUT2D eigenvalue weighted by atomic mass is 32.1. The lowest BCUT2D eigenvalue weighted by atomic mass is 10.1. The van der Waals surface area contributed by atoms with Crippen LogP contribution in [0.5, 0.6) is 17.2 Å². The summed E-state index contributed by atoms with van der Waals surface area (Å²) in [4.78, 5) is 9.39. The van der Waals surface area contributed by atoms with Gasteiger partial charge in [-0.3, -0.25) is 0 Å². The maximum absolute atomic E-state index is 5.55. The van der Waals surface area contributed by atoms with Crippen molar-refractivity contribution in [2.24, 2.45) is 0 Å². The number of nitrogens with zero attached hydrogens (tertiary/aromatic N) is 2. The Morgan fingerprint density at radius 3 is 2.26 bits per heavy atom. The van der Waals surface area contributed by atoms with E-state index in [0.717, 1.165) is 27.7 Å². The van der Waals surface area contributed by atoms with E-state index < -0.39 is 0 Å². The first-order valence-corrected chi connectivity index (χ1v) is 11.3. The molecule has 8 heteroatoms. The van der Waals surface area contributed by atoms with Gasteiger partial charge in [-0.2, -0.15) is 0 Å². The Balaban J connectivity index is 1.64. The molecule has 0 amide bonds. The summed E-state index contributed by atoms with van der Waals surface area (Å²) in [6.45, 7) is 2.03. The van der Waals surface area contributed by atoms with Crippen LogP contribution in [0.4, 0.5) is 11.5 Å². The molecule has 0 saturated heterocycles. The number of methoxy groups -OCH3 is 3.